The molecule has 4 rings (SSSR count). The fourth-order valence-corrected chi connectivity index (χ4v) is 3.01. The number of hydrogen-bond donors (Lipinski definition) is 1. The lowest BCUT2D eigenvalue weighted by Gasteiger charge is -2.14. The standard InChI is InChI=1S/C21H15N3O3/c25-19(23-15-4-3-11-22-13-15)12-14-7-9-16(10-8-14)24-20(26)17-5-1-2-6-18(17)21(24)27/h1-11,13H,12H2,(H,23,25). The first-order chi connectivity index (χ1) is 13.1. The maximum absolute atomic E-state index is 12.5. The van der Waals surface area contributed by atoms with E-state index in [0.29, 0.717) is 22.5 Å². The molecule has 3 aromatic rings. The lowest BCUT2D eigenvalue weighted by molar-refractivity contribution is -0.115. The summed E-state index contributed by atoms with van der Waals surface area (Å²) in [6.07, 6.45) is 3.38. The van der Waals surface area contributed by atoms with Crippen LogP contribution in [0.3, 0.4) is 0 Å². The van der Waals surface area contributed by atoms with Crippen LogP contribution in [0, 0.1) is 0 Å². The summed E-state index contributed by atoms with van der Waals surface area (Å²) in [6, 6.07) is 17.1. The molecule has 0 aliphatic carbocycles. The van der Waals surface area contributed by atoms with Gasteiger partial charge in [-0.1, -0.05) is 24.3 Å². The van der Waals surface area contributed by atoms with Crippen LogP contribution in [0.1, 0.15) is 26.3 Å². The highest BCUT2D eigenvalue weighted by molar-refractivity contribution is 6.34. The van der Waals surface area contributed by atoms with Gasteiger partial charge in [-0.05, 0) is 42.0 Å². The summed E-state index contributed by atoms with van der Waals surface area (Å²) in [6.45, 7) is 0. The molecule has 1 aliphatic heterocycles. The van der Waals surface area contributed by atoms with Crippen molar-refractivity contribution in [2.45, 2.75) is 6.42 Å². The number of nitrogens with one attached hydrogen (secondary N) is 1. The minimum absolute atomic E-state index is 0.170. The number of anilines is 2. The molecule has 1 N–H and O–H groups in total. The SMILES string of the molecule is O=C(Cc1ccc(N2C(=O)c3ccccc3C2=O)cc1)Nc1cccnc1. The van der Waals surface area contributed by atoms with E-state index in [2.05, 4.69) is 10.3 Å². The molecule has 0 atom stereocenters. The molecule has 27 heavy (non-hydrogen) atoms. The maximum atomic E-state index is 12.5. The van der Waals surface area contributed by atoms with E-state index in [1.165, 1.54) is 0 Å². The number of imide groups is 1. The van der Waals surface area contributed by atoms with Crippen LogP contribution in [0.4, 0.5) is 11.4 Å². The molecule has 0 spiro atoms. The van der Waals surface area contributed by atoms with Crippen molar-refractivity contribution in [3.8, 4) is 0 Å². The van der Waals surface area contributed by atoms with Crippen molar-refractivity contribution < 1.29 is 14.4 Å². The van der Waals surface area contributed by atoms with Gasteiger partial charge in [0.25, 0.3) is 11.8 Å². The highest BCUT2D eigenvalue weighted by atomic mass is 16.2. The Morgan fingerprint density at radius 1 is 0.889 bits per heavy atom. The predicted molar refractivity (Wildman–Crippen MR) is 101 cm³/mol. The number of pyridine rings is 1. The molecule has 0 unspecified atom stereocenters. The van der Waals surface area contributed by atoms with Gasteiger partial charge in [0.1, 0.15) is 0 Å². The van der Waals surface area contributed by atoms with Gasteiger partial charge in [-0.3, -0.25) is 19.4 Å². The maximum Gasteiger partial charge on any atom is 0.266 e. The van der Waals surface area contributed by atoms with Crippen molar-refractivity contribution in [3.63, 3.8) is 0 Å². The minimum atomic E-state index is -0.335. The highest BCUT2D eigenvalue weighted by Gasteiger charge is 2.36. The average molecular weight is 357 g/mol. The van der Waals surface area contributed by atoms with Gasteiger partial charge in [-0.2, -0.15) is 0 Å². The summed E-state index contributed by atoms with van der Waals surface area (Å²) in [7, 11) is 0. The van der Waals surface area contributed by atoms with E-state index >= 15 is 0 Å². The van der Waals surface area contributed by atoms with Gasteiger partial charge in [-0.25, -0.2) is 4.90 Å². The molecule has 6 heteroatoms. The largest absolute Gasteiger partial charge is 0.324 e. The molecular weight excluding hydrogens is 342 g/mol. The van der Waals surface area contributed by atoms with Gasteiger partial charge in [0, 0.05) is 6.20 Å². The smallest absolute Gasteiger partial charge is 0.266 e. The van der Waals surface area contributed by atoms with Gasteiger partial charge in [0.05, 0.1) is 35.1 Å². The first-order valence-electron chi connectivity index (χ1n) is 8.40. The van der Waals surface area contributed by atoms with Gasteiger partial charge in [-0.15, -0.1) is 0 Å². The van der Waals surface area contributed by atoms with E-state index in [1.54, 1.807) is 73.1 Å². The number of rotatable bonds is 4. The Kier molecular flexibility index (Phi) is 4.22. The fraction of sp³-hybridized carbons (Fsp3) is 0.0476. The number of benzene rings is 2. The molecule has 0 bridgehead atoms. The molecule has 0 saturated carbocycles. The third kappa shape index (κ3) is 3.20. The quantitative estimate of drug-likeness (QED) is 0.728. The number of fused-ring (bicyclic) bond motifs is 1. The van der Waals surface area contributed by atoms with Gasteiger partial charge >= 0.3 is 0 Å². The number of carbonyl (C=O) groups is 3. The lowest BCUT2D eigenvalue weighted by atomic mass is 10.1. The highest BCUT2D eigenvalue weighted by Crippen LogP contribution is 2.28. The lowest BCUT2D eigenvalue weighted by Crippen LogP contribution is -2.29. The summed E-state index contributed by atoms with van der Waals surface area (Å²) in [5.74, 6) is -0.841. The Morgan fingerprint density at radius 3 is 2.15 bits per heavy atom. The zero-order chi connectivity index (χ0) is 18.8. The third-order valence-electron chi connectivity index (χ3n) is 4.30. The number of aromatic nitrogens is 1. The molecule has 132 valence electrons. The molecule has 2 heterocycles. The summed E-state index contributed by atoms with van der Waals surface area (Å²) in [4.78, 5) is 42.2. The normalized spacial score (nSPS) is 12.8. The summed E-state index contributed by atoms with van der Waals surface area (Å²) in [5, 5.41) is 2.77. The van der Waals surface area contributed by atoms with E-state index in [-0.39, 0.29) is 24.1 Å². The van der Waals surface area contributed by atoms with Crippen molar-refractivity contribution in [2.75, 3.05) is 10.2 Å². The molecule has 3 amide bonds. The third-order valence-corrected chi connectivity index (χ3v) is 4.30. The van der Waals surface area contributed by atoms with Crippen molar-refractivity contribution >= 4 is 29.1 Å². The molecule has 0 radical (unpaired) electrons. The van der Waals surface area contributed by atoms with Gasteiger partial charge in [0.15, 0.2) is 0 Å². The van der Waals surface area contributed by atoms with Crippen molar-refractivity contribution in [2.24, 2.45) is 0 Å². The van der Waals surface area contributed by atoms with E-state index in [1.807, 2.05) is 0 Å². The summed E-state index contributed by atoms with van der Waals surface area (Å²) >= 11 is 0. The van der Waals surface area contributed by atoms with Crippen LogP contribution >= 0.6 is 0 Å². The van der Waals surface area contributed by atoms with Crippen molar-refractivity contribution in [1.82, 2.24) is 4.98 Å². The van der Waals surface area contributed by atoms with Gasteiger partial charge < -0.3 is 5.32 Å². The molecule has 0 fully saturated rings. The van der Waals surface area contributed by atoms with Crippen molar-refractivity contribution in [1.29, 1.82) is 0 Å². The molecule has 2 aromatic carbocycles. The molecule has 6 nitrogen and oxygen atoms in total. The van der Waals surface area contributed by atoms with Crippen LogP contribution in [0.5, 0.6) is 0 Å². The second-order valence-electron chi connectivity index (χ2n) is 6.12. The Morgan fingerprint density at radius 2 is 1.56 bits per heavy atom. The number of amides is 3. The number of carbonyl (C=O) groups excluding carboxylic acids is 3. The van der Waals surface area contributed by atoms with Crippen LogP contribution in [-0.2, 0) is 11.2 Å². The first-order valence-corrected chi connectivity index (χ1v) is 8.40. The van der Waals surface area contributed by atoms with Crippen LogP contribution in [0.15, 0.2) is 73.1 Å². The number of hydrogen-bond acceptors (Lipinski definition) is 4. The second kappa shape index (κ2) is 6.84. The van der Waals surface area contributed by atoms with Crippen LogP contribution < -0.4 is 10.2 Å². The first kappa shape index (κ1) is 16.7. The second-order valence-corrected chi connectivity index (χ2v) is 6.12. The summed E-state index contributed by atoms with van der Waals surface area (Å²) in [5.41, 5.74) is 2.70. The minimum Gasteiger partial charge on any atom is -0.324 e. The topological polar surface area (TPSA) is 79.4 Å². The Hall–Kier alpha value is -3.80. The zero-order valence-electron chi connectivity index (χ0n) is 14.3. The average Bonchev–Trinajstić information content (AvgIpc) is 2.94. The monoisotopic (exact) mass is 357 g/mol. The molecular formula is C21H15N3O3. The van der Waals surface area contributed by atoms with Crippen molar-refractivity contribution in [3.05, 3.63) is 89.7 Å². The van der Waals surface area contributed by atoms with Crippen LogP contribution in [0.2, 0.25) is 0 Å². The fourth-order valence-electron chi connectivity index (χ4n) is 3.01. The Bertz CT molecular complexity index is 995. The zero-order valence-corrected chi connectivity index (χ0v) is 14.3. The van der Waals surface area contributed by atoms with Crippen LogP contribution in [0.25, 0.3) is 0 Å². The molecule has 1 aliphatic rings. The Balaban J connectivity index is 1.48. The van der Waals surface area contributed by atoms with Crippen LogP contribution in [-0.4, -0.2) is 22.7 Å². The predicted octanol–water partition coefficient (Wildman–Crippen LogP) is 3.06. The van der Waals surface area contributed by atoms with E-state index < -0.39 is 0 Å². The molecule has 1 aromatic heterocycles. The summed E-state index contributed by atoms with van der Waals surface area (Å²) < 4.78 is 0. The Labute approximate surface area is 155 Å². The number of nitrogens with zero attached hydrogens (tertiary/aromatic N) is 2. The molecule has 0 saturated heterocycles. The van der Waals surface area contributed by atoms with E-state index in [4.69, 9.17) is 0 Å². The van der Waals surface area contributed by atoms with Gasteiger partial charge in [0.2, 0.25) is 5.91 Å². The van der Waals surface area contributed by atoms with E-state index in [9.17, 15) is 14.4 Å². The van der Waals surface area contributed by atoms with E-state index in [0.717, 1.165) is 10.5 Å².